The third kappa shape index (κ3) is 3.80. The van der Waals surface area contributed by atoms with E-state index in [1.54, 1.807) is 30.3 Å². The number of alkyl halides is 3. The molecule has 5 rings (SSSR count). The summed E-state index contributed by atoms with van der Waals surface area (Å²) < 4.78 is 45.7. The van der Waals surface area contributed by atoms with Gasteiger partial charge in [-0.2, -0.15) is 22.7 Å². The Kier molecular flexibility index (Phi) is 4.77. The van der Waals surface area contributed by atoms with E-state index in [1.165, 1.54) is 6.07 Å². The summed E-state index contributed by atoms with van der Waals surface area (Å²) in [7, 11) is 0. The quantitative estimate of drug-likeness (QED) is 0.462. The lowest BCUT2D eigenvalue weighted by Crippen LogP contribution is -2.35. The molecule has 1 fully saturated rings. The molecule has 31 heavy (non-hydrogen) atoms. The number of hydrogen-bond donors (Lipinski definition) is 0. The fourth-order valence-corrected chi connectivity index (χ4v) is 3.75. The molecule has 8 nitrogen and oxygen atoms in total. The van der Waals surface area contributed by atoms with E-state index in [9.17, 15) is 13.2 Å². The van der Waals surface area contributed by atoms with Gasteiger partial charge in [0, 0.05) is 23.7 Å². The topological polar surface area (TPSA) is 85.2 Å². The molecule has 1 atom stereocenters. The molecule has 160 valence electrons. The standard InChI is InChI=1S/C19H15ClF3N7O/c20-13-5-3-11(4-6-13)16-24-17(31-28-16)12-2-1-9-29(10-12)15-8-7-14-25-26-18(19(21,22)23)30(14)27-15/h3-8,12H,1-2,9-10H2. The number of fused-ring (bicyclic) bond motifs is 1. The zero-order valence-corrected chi connectivity index (χ0v) is 16.7. The minimum Gasteiger partial charge on any atom is -0.354 e. The van der Waals surface area contributed by atoms with Crippen LogP contribution in [0.5, 0.6) is 0 Å². The smallest absolute Gasteiger partial charge is 0.354 e. The molecule has 12 heteroatoms. The van der Waals surface area contributed by atoms with Crippen molar-refractivity contribution in [2.75, 3.05) is 18.0 Å². The summed E-state index contributed by atoms with van der Waals surface area (Å²) in [5.74, 6) is 0.129. The van der Waals surface area contributed by atoms with Crippen LogP contribution >= 0.6 is 11.6 Å². The first kappa shape index (κ1) is 19.7. The van der Waals surface area contributed by atoms with Crippen molar-refractivity contribution in [1.82, 2.24) is 30.0 Å². The predicted molar refractivity (Wildman–Crippen MR) is 105 cm³/mol. The van der Waals surface area contributed by atoms with Crippen molar-refractivity contribution in [1.29, 1.82) is 0 Å². The lowest BCUT2D eigenvalue weighted by Gasteiger charge is -2.31. The number of hydrogen-bond acceptors (Lipinski definition) is 7. The van der Waals surface area contributed by atoms with E-state index in [4.69, 9.17) is 16.1 Å². The van der Waals surface area contributed by atoms with Gasteiger partial charge >= 0.3 is 6.18 Å². The van der Waals surface area contributed by atoms with Gasteiger partial charge in [0.2, 0.25) is 11.7 Å². The Balaban J connectivity index is 1.39. The molecule has 0 aliphatic carbocycles. The molecule has 1 aliphatic rings. The van der Waals surface area contributed by atoms with Crippen LogP contribution < -0.4 is 4.90 Å². The van der Waals surface area contributed by atoms with Gasteiger partial charge in [0.1, 0.15) is 5.82 Å². The average Bonchev–Trinajstić information content (AvgIpc) is 3.41. The molecule has 3 aromatic heterocycles. The van der Waals surface area contributed by atoms with E-state index in [2.05, 4.69) is 25.4 Å². The van der Waals surface area contributed by atoms with Crippen LogP contribution in [0.25, 0.3) is 17.0 Å². The second-order valence-electron chi connectivity index (χ2n) is 7.23. The number of aromatic nitrogens is 6. The van der Waals surface area contributed by atoms with Crippen LogP contribution in [0, 0.1) is 0 Å². The van der Waals surface area contributed by atoms with Gasteiger partial charge in [0.15, 0.2) is 5.65 Å². The molecule has 0 radical (unpaired) electrons. The van der Waals surface area contributed by atoms with Gasteiger partial charge in [-0.05, 0) is 49.2 Å². The van der Waals surface area contributed by atoms with Crippen LogP contribution in [-0.2, 0) is 6.18 Å². The van der Waals surface area contributed by atoms with Gasteiger partial charge in [-0.3, -0.25) is 0 Å². The van der Waals surface area contributed by atoms with Gasteiger partial charge in [-0.1, -0.05) is 16.8 Å². The molecule has 1 aliphatic heterocycles. The van der Waals surface area contributed by atoms with Crippen molar-refractivity contribution in [2.45, 2.75) is 24.9 Å². The maximum atomic E-state index is 13.2. The average molecular weight is 450 g/mol. The molecule has 0 saturated carbocycles. The summed E-state index contributed by atoms with van der Waals surface area (Å²) in [6, 6.07) is 10.2. The Bertz CT molecular complexity index is 1220. The monoisotopic (exact) mass is 449 g/mol. The first-order chi connectivity index (χ1) is 14.9. The van der Waals surface area contributed by atoms with E-state index in [0.29, 0.717) is 35.6 Å². The van der Waals surface area contributed by atoms with Gasteiger partial charge in [-0.25, -0.2) is 0 Å². The molecule has 0 bridgehead atoms. The zero-order valence-electron chi connectivity index (χ0n) is 15.9. The fourth-order valence-electron chi connectivity index (χ4n) is 3.63. The minimum atomic E-state index is -4.64. The molecular weight excluding hydrogens is 435 g/mol. The van der Waals surface area contributed by atoms with Crippen LogP contribution in [0.15, 0.2) is 40.9 Å². The SMILES string of the molecule is FC(F)(F)c1nnc2ccc(N3CCCC(c4nc(-c5ccc(Cl)cc5)no4)C3)nn12. The second-order valence-corrected chi connectivity index (χ2v) is 7.67. The highest BCUT2D eigenvalue weighted by molar-refractivity contribution is 6.30. The Morgan fingerprint density at radius 2 is 1.87 bits per heavy atom. The maximum Gasteiger partial charge on any atom is 0.453 e. The van der Waals surface area contributed by atoms with Crippen molar-refractivity contribution < 1.29 is 17.7 Å². The van der Waals surface area contributed by atoms with Crippen LogP contribution in [0.3, 0.4) is 0 Å². The predicted octanol–water partition coefficient (Wildman–Crippen LogP) is 4.23. The van der Waals surface area contributed by atoms with E-state index in [-0.39, 0.29) is 11.6 Å². The molecule has 1 aromatic carbocycles. The Hall–Kier alpha value is -3.21. The van der Waals surface area contributed by atoms with Crippen molar-refractivity contribution in [3.63, 3.8) is 0 Å². The van der Waals surface area contributed by atoms with Crippen LogP contribution in [-0.4, -0.2) is 43.0 Å². The first-order valence-electron chi connectivity index (χ1n) is 9.52. The summed E-state index contributed by atoms with van der Waals surface area (Å²) in [5.41, 5.74) is 0.820. The summed E-state index contributed by atoms with van der Waals surface area (Å²) in [5, 5.41) is 15.6. The second kappa shape index (κ2) is 7.49. The maximum absolute atomic E-state index is 13.2. The van der Waals surface area contributed by atoms with Crippen molar-refractivity contribution in [3.8, 4) is 11.4 Å². The molecule has 1 unspecified atom stereocenters. The van der Waals surface area contributed by atoms with Gasteiger partial charge in [-0.15, -0.1) is 15.3 Å². The fraction of sp³-hybridized carbons (Fsp3) is 0.316. The van der Waals surface area contributed by atoms with Crippen LogP contribution in [0.1, 0.15) is 30.5 Å². The van der Waals surface area contributed by atoms with E-state index in [0.717, 1.165) is 22.9 Å². The highest BCUT2D eigenvalue weighted by atomic mass is 35.5. The Morgan fingerprint density at radius 3 is 2.65 bits per heavy atom. The third-order valence-corrected chi connectivity index (χ3v) is 5.39. The molecule has 4 heterocycles. The summed E-state index contributed by atoms with van der Waals surface area (Å²) in [4.78, 5) is 6.41. The molecule has 0 amide bonds. The number of nitrogens with zero attached hydrogens (tertiary/aromatic N) is 7. The number of piperidine rings is 1. The lowest BCUT2D eigenvalue weighted by atomic mass is 9.98. The molecule has 0 spiro atoms. The normalized spacial score (nSPS) is 17.4. The van der Waals surface area contributed by atoms with E-state index in [1.807, 2.05) is 4.90 Å². The van der Waals surface area contributed by atoms with Crippen LogP contribution in [0.2, 0.25) is 5.02 Å². The van der Waals surface area contributed by atoms with Crippen LogP contribution in [0.4, 0.5) is 19.0 Å². The Labute approximate surface area is 178 Å². The molecule has 0 N–H and O–H groups in total. The Morgan fingerprint density at radius 1 is 1.06 bits per heavy atom. The largest absolute Gasteiger partial charge is 0.453 e. The minimum absolute atomic E-state index is 0.0362. The number of benzene rings is 1. The summed E-state index contributed by atoms with van der Waals surface area (Å²) >= 11 is 5.92. The molecule has 1 saturated heterocycles. The van der Waals surface area contributed by atoms with Gasteiger partial charge < -0.3 is 9.42 Å². The number of rotatable bonds is 3. The van der Waals surface area contributed by atoms with Gasteiger partial charge in [0.25, 0.3) is 5.82 Å². The number of anilines is 1. The molecular formula is C19H15ClF3N7O. The van der Waals surface area contributed by atoms with E-state index < -0.39 is 12.0 Å². The zero-order chi connectivity index (χ0) is 21.6. The molecule has 4 aromatic rings. The van der Waals surface area contributed by atoms with Crippen molar-refractivity contribution in [3.05, 3.63) is 53.1 Å². The van der Waals surface area contributed by atoms with Crippen molar-refractivity contribution in [2.24, 2.45) is 0 Å². The first-order valence-corrected chi connectivity index (χ1v) is 9.90. The summed E-state index contributed by atoms with van der Waals surface area (Å²) in [6.45, 7) is 1.14. The van der Waals surface area contributed by atoms with Crippen molar-refractivity contribution >= 4 is 23.1 Å². The lowest BCUT2D eigenvalue weighted by molar-refractivity contribution is -0.146. The van der Waals surface area contributed by atoms with Gasteiger partial charge in [0.05, 0.1) is 5.92 Å². The highest BCUT2D eigenvalue weighted by Gasteiger charge is 2.38. The third-order valence-electron chi connectivity index (χ3n) is 5.14. The summed E-state index contributed by atoms with van der Waals surface area (Å²) in [6.07, 6.45) is -3.02. The highest BCUT2D eigenvalue weighted by Crippen LogP contribution is 2.31. The number of halogens is 4. The van der Waals surface area contributed by atoms with E-state index >= 15 is 0 Å².